The minimum Gasteiger partial charge on any atom is -0.297 e. The maximum atomic E-state index is 12.9. The van der Waals surface area contributed by atoms with E-state index in [1.54, 1.807) is 0 Å². The van der Waals surface area contributed by atoms with Crippen LogP contribution in [0.1, 0.15) is 12.0 Å². The lowest BCUT2D eigenvalue weighted by molar-refractivity contribution is -0.123. The molecule has 2 heterocycles. The van der Waals surface area contributed by atoms with Crippen LogP contribution in [-0.2, 0) is 16.1 Å². The number of carbonyl (C=O) groups is 2. The molecule has 2 fully saturated rings. The first-order chi connectivity index (χ1) is 13.1. The molecule has 4 rings (SSSR count). The Kier molecular flexibility index (Phi) is 5.56. The summed E-state index contributed by atoms with van der Waals surface area (Å²) in [5.74, 6) is -0.185. The Balaban J connectivity index is 1.38. The highest BCUT2D eigenvalue weighted by atomic mass is 127. The second-order valence-corrected chi connectivity index (χ2v) is 8.31. The lowest BCUT2D eigenvalue weighted by atomic mass is 10.1. The number of hydrogen-bond acceptors (Lipinski definition) is 4. The van der Waals surface area contributed by atoms with Gasteiger partial charge in [-0.15, -0.1) is 0 Å². The Morgan fingerprint density at radius 1 is 0.889 bits per heavy atom. The molecule has 0 N–H and O–H groups in total. The smallest absolute Gasteiger partial charge is 0.251 e. The molecule has 2 saturated heterocycles. The summed E-state index contributed by atoms with van der Waals surface area (Å²) in [6, 6.07) is 17.7. The zero-order valence-electron chi connectivity index (χ0n) is 15.1. The van der Waals surface area contributed by atoms with Crippen LogP contribution in [0.25, 0.3) is 0 Å². The molecular weight excluding hydrogens is 453 g/mol. The standard InChI is InChI=1S/C21H22IN3O2/c22-17-6-8-18(9-7-17)25-20(26)14-19(21(25)27)24-12-10-23(11-13-24)15-16-4-2-1-3-5-16/h1-9,19H,10-15H2. The fourth-order valence-corrected chi connectivity index (χ4v) is 4.20. The second kappa shape index (κ2) is 8.08. The molecule has 2 aromatic carbocycles. The first-order valence-electron chi connectivity index (χ1n) is 9.24. The van der Waals surface area contributed by atoms with E-state index in [0.29, 0.717) is 5.69 Å². The van der Waals surface area contributed by atoms with E-state index >= 15 is 0 Å². The van der Waals surface area contributed by atoms with Gasteiger partial charge in [0.2, 0.25) is 5.91 Å². The van der Waals surface area contributed by atoms with E-state index in [2.05, 4.69) is 56.7 Å². The molecule has 27 heavy (non-hydrogen) atoms. The van der Waals surface area contributed by atoms with Gasteiger partial charge < -0.3 is 0 Å². The Morgan fingerprint density at radius 3 is 2.22 bits per heavy atom. The van der Waals surface area contributed by atoms with Gasteiger partial charge in [-0.3, -0.25) is 19.4 Å². The van der Waals surface area contributed by atoms with Crippen molar-refractivity contribution in [3.8, 4) is 0 Å². The van der Waals surface area contributed by atoms with Crippen LogP contribution in [0.2, 0.25) is 0 Å². The van der Waals surface area contributed by atoms with Gasteiger partial charge in [-0.25, -0.2) is 4.90 Å². The maximum absolute atomic E-state index is 12.9. The maximum Gasteiger partial charge on any atom is 0.251 e. The number of anilines is 1. The van der Waals surface area contributed by atoms with Gasteiger partial charge in [0.1, 0.15) is 0 Å². The molecule has 2 aromatic rings. The van der Waals surface area contributed by atoms with Crippen LogP contribution >= 0.6 is 22.6 Å². The highest BCUT2D eigenvalue weighted by Gasteiger charge is 2.43. The largest absolute Gasteiger partial charge is 0.297 e. The van der Waals surface area contributed by atoms with E-state index in [4.69, 9.17) is 0 Å². The SMILES string of the molecule is O=C1CC(N2CCN(Cc3ccccc3)CC2)C(=O)N1c1ccc(I)cc1. The van der Waals surface area contributed by atoms with Crippen LogP contribution in [0.4, 0.5) is 5.69 Å². The summed E-state index contributed by atoms with van der Waals surface area (Å²) in [5, 5.41) is 0. The second-order valence-electron chi connectivity index (χ2n) is 7.06. The lowest BCUT2D eigenvalue weighted by Crippen LogP contribution is -2.52. The van der Waals surface area contributed by atoms with Crippen molar-refractivity contribution in [3.05, 3.63) is 63.7 Å². The first kappa shape index (κ1) is 18.6. The number of benzene rings is 2. The molecule has 5 nitrogen and oxygen atoms in total. The third-order valence-corrected chi connectivity index (χ3v) is 6.02. The van der Waals surface area contributed by atoms with Crippen molar-refractivity contribution in [2.45, 2.75) is 19.0 Å². The number of nitrogens with zero attached hydrogens (tertiary/aromatic N) is 3. The third-order valence-electron chi connectivity index (χ3n) is 5.30. The Hall–Kier alpha value is -1.77. The van der Waals surface area contributed by atoms with Gasteiger partial charge in [-0.1, -0.05) is 30.3 Å². The Bertz CT molecular complexity index is 817. The van der Waals surface area contributed by atoms with E-state index in [1.807, 2.05) is 30.3 Å². The summed E-state index contributed by atoms with van der Waals surface area (Å²) in [6.45, 7) is 4.39. The molecule has 0 bridgehead atoms. The number of amides is 2. The van der Waals surface area contributed by atoms with Gasteiger partial charge >= 0.3 is 0 Å². The van der Waals surface area contributed by atoms with E-state index in [0.717, 1.165) is 36.3 Å². The first-order valence-corrected chi connectivity index (χ1v) is 10.3. The summed E-state index contributed by atoms with van der Waals surface area (Å²) in [6.07, 6.45) is 0.281. The summed E-state index contributed by atoms with van der Waals surface area (Å²) in [4.78, 5) is 31.4. The Labute approximate surface area is 173 Å². The quantitative estimate of drug-likeness (QED) is 0.504. The number of carbonyl (C=O) groups excluding carboxylic acids is 2. The topological polar surface area (TPSA) is 43.9 Å². The van der Waals surface area contributed by atoms with Crippen LogP contribution in [0.3, 0.4) is 0 Å². The highest BCUT2D eigenvalue weighted by molar-refractivity contribution is 14.1. The number of rotatable bonds is 4. The van der Waals surface area contributed by atoms with Crippen LogP contribution in [-0.4, -0.2) is 53.8 Å². The summed E-state index contributed by atoms with van der Waals surface area (Å²) >= 11 is 2.22. The molecule has 1 atom stereocenters. The normalized spacial score (nSPS) is 21.8. The van der Waals surface area contributed by atoms with E-state index in [9.17, 15) is 9.59 Å². The molecule has 1 unspecified atom stereocenters. The van der Waals surface area contributed by atoms with E-state index in [-0.39, 0.29) is 24.3 Å². The number of piperazine rings is 1. The molecule has 0 radical (unpaired) electrons. The van der Waals surface area contributed by atoms with Gasteiger partial charge in [-0.05, 0) is 52.4 Å². The zero-order chi connectivity index (χ0) is 18.8. The van der Waals surface area contributed by atoms with Crippen molar-refractivity contribution >= 4 is 40.1 Å². The molecule has 0 saturated carbocycles. The monoisotopic (exact) mass is 475 g/mol. The van der Waals surface area contributed by atoms with Crippen molar-refractivity contribution < 1.29 is 9.59 Å². The minimum absolute atomic E-state index is 0.0854. The van der Waals surface area contributed by atoms with Crippen molar-refractivity contribution in [3.63, 3.8) is 0 Å². The average Bonchev–Trinajstić information content (AvgIpc) is 2.98. The van der Waals surface area contributed by atoms with Crippen LogP contribution in [0.15, 0.2) is 54.6 Å². The fourth-order valence-electron chi connectivity index (χ4n) is 3.84. The van der Waals surface area contributed by atoms with Crippen LogP contribution in [0, 0.1) is 3.57 Å². The van der Waals surface area contributed by atoms with E-state index in [1.165, 1.54) is 10.5 Å². The van der Waals surface area contributed by atoms with Crippen molar-refractivity contribution in [2.24, 2.45) is 0 Å². The highest BCUT2D eigenvalue weighted by Crippen LogP contribution is 2.27. The number of imide groups is 1. The fraction of sp³-hybridized carbons (Fsp3) is 0.333. The number of hydrogen-bond donors (Lipinski definition) is 0. The molecule has 2 aliphatic heterocycles. The molecule has 2 aliphatic rings. The third kappa shape index (κ3) is 4.07. The number of halogens is 1. The van der Waals surface area contributed by atoms with Crippen molar-refractivity contribution in [1.29, 1.82) is 0 Å². The van der Waals surface area contributed by atoms with Gasteiger partial charge in [0.15, 0.2) is 0 Å². The average molecular weight is 475 g/mol. The summed E-state index contributed by atoms with van der Waals surface area (Å²) in [5.41, 5.74) is 1.98. The van der Waals surface area contributed by atoms with Gasteiger partial charge in [0.05, 0.1) is 18.2 Å². The Morgan fingerprint density at radius 2 is 1.56 bits per heavy atom. The van der Waals surface area contributed by atoms with Gasteiger partial charge in [-0.2, -0.15) is 0 Å². The lowest BCUT2D eigenvalue weighted by Gasteiger charge is -2.37. The predicted octanol–water partition coefficient (Wildman–Crippen LogP) is 2.74. The van der Waals surface area contributed by atoms with Crippen LogP contribution in [0.5, 0.6) is 0 Å². The van der Waals surface area contributed by atoms with Crippen LogP contribution < -0.4 is 4.90 Å². The molecule has 2 amide bonds. The molecule has 0 aromatic heterocycles. The van der Waals surface area contributed by atoms with E-state index < -0.39 is 0 Å². The zero-order valence-corrected chi connectivity index (χ0v) is 17.2. The van der Waals surface area contributed by atoms with Gasteiger partial charge in [0, 0.05) is 36.3 Å². The van der Waals surface area contributed by atoms with Crippen molar-refractivity contribution in [1.82, 2.24) is 9.80 Å². The minimum atomic E-state index is -0.323. The predicted molar refractivity (Wildman–Crippen MR) is 113 cm³/mol. The molecule has 0 spiro atoms. The molecule has 6 heteroatoms. The van der Waals surface area contributed by atoms with Crippen molar-refractivity contribution in [2.75, 3.05) is 31.1 Å². The van der Waals surface area contributed by atoms with Gasteiger partial charge in [0.25, 0.3) is 5.91 Å². The molecule has 0 aliphatic carbocycles. The molecule has 140 valence electrons. The summed E-state index contributed by atoms with van der Waals surface area (Å²) < 4.78 is 1.08. The molecular formula is C21H22IN3O2. The summed E-state index contributed by atoms with van der Waals surface area (Å²) in [7, 11) is 0.